The lowest BCUT2D eigenvalue weighted by molar-refractivity contribution is -0.137. The lowest BCUT2D eigenvalue weighted by atomic mass is 9.88. The molecule has 5 nitrogen and oxygen atoms in total. The van der Waals surface area contributed by atoms with E-state index in [9.17, 15) is 15.0 Å². The van der Waals surface area contributed by atoms with Crippen LogP contribution in [-0.2, 0) is 22.6 Å². The molecule has 1 aliphatic rings. The number of ether oxygens (including phenoxy) is 1. The van der Waals surface area contributed by atoms with E-state index < -0.39 is 18.2 Å². The molecule has 30 heavy (non-hydrogen) atoms. The average molecular weight is 439 g/mol. The van der Waals surface area contributed by atoms with Gasteiger partial charge in [-0.05, 0) is 36.3 Å². The molecule has 2 rings (SSSR count). The number of aliphatic hydroxyl groups is 2. The number of alkyl halides is 1. The van der Waals surface area contributed by atoms with Crippen molar-refractivity contribution in [2.24, 2.45) is 11.8 Å². The predicted molar refractivity (Wildman–Crippen MR) is 119 cm³/mol. The number of hydrogen-bond acceptors (Lipinski definition) is 4. The summed E-state index contributed by atoms with van der Waals surface area (Å²) in [5, 5.41) is 29.5. The van der Waals surface area contributed by atoms with Crippen LogP contribution in [0, 0.1) is 11.8 Å². The Morgan fingerprint density at radius 3 is 2.73 bits per heavy atom. The lowest BCUT2D eigenvalue weighted by Gasteiger charge is -2.21. The molecular weight excluding hydrogens is 404 g/mol. The second-order valence-corrected chi connectivity index (χ2v) is 8.88. The first-order valence-corrected chi connectivity index (χ1v) is 11.3. The highest BCUT2D eigenvalue weighted by atomic mass is 35.5. The van der Waals surface area contributed by atoms with Gasteiger partial charge >= 0.3 is 5.97 Å². The van der Waals surface area contributed by atoms with Gasteiger partial charge in [-0.1, -0.05) is 55.7 Å². The molecule has 0 amide bonds. The largest absolute Gasteiger partial charge is 0.481 e. The summed E-state index contributed by atoms with van der Waals surface area (Å²) >= 11 is 6.50. The summed E-state index contributed by atoms with van der Waals surface area (Å²) in [6.45, 7) is 0.545. The summed E-state index contributed by atoms with van der Waals surface area (Å²) in [6, 6.07) is 7.98. The van der Waals surface area contributed by atoms with E-state index in [1.165, 1.54) is 0 Å². The van der Waals surface area contributed by atoms with Gasteiger partial charge in [-0.3, -0.25) is 4.79 Å². The number of aliphatic hydroxyl groups excluding tert-OH is 2. The summed E-state index contributed by atoms with van der Waals surface area (Å²) < 4.78 is 5.16. The van der Waals surface area contributed by atoms with Gasteiger partial charge in [0.15, 0.2) is 0 Å². The van der Waals surface area contributed by atoms with Gasteiger partial charge in [0.2, 0.25) is 0 Å². The molecule has 5 atom stereocenters. The number of unbranched alkanes of at least 4 members (excludes halogenated alkanes) is 3. The van der Waals surface area contributed by atoms with E-state index >= 15 is 0 Å². The summed E-state index contributed by atoms with van der Waals surface area (Å²) in [7, 11) is 1.66. The van der Waals surface area contributed by atoms with Gasteiger partial charge < -0.3 is 20.1 Å². The highest BCUT2D eigenvalue weighted by Gasteiger charge is 2.39. The van der Waals surface area contributed by atoms with Crippen molar-refractivity contribution in [3.05, 3.63) is 47.5 Å². The molecular formula is C24H35ClO5. The number of methoxy groups -OCH3 is 1. The van der Waals surface area contributed by atoms with Crippen molar-refractivity contribution in [1.29, 1.82) is 0 Å². The number of aliphatic carboxylic acids is 1. The van der Waals surface area contributed by atoms with E-state index in [1.54, 1.807) is 13.2 Å². The topological polar surface area (TPSA) is 87.0 Å². The second kappa shape index (κ2) is 13.1. The molecule has 1 saturated carbocycles. The molecule has 1 aromatic carbocycles. The lowest BCUT2D eigenvalue weighted by Crippen LogP contribution is -2.19. The molecule has 3 N–H and O–H groups in total. The zero-order valence-electron chi connectivity index (χ0n) is 17.8. The third-order valence-corrected chi connectivity index (χ3v) is 6.35. The predicted octanol–water partition coefficient (Wildman–Crippen LogP) is 4.32. The number of carboxylic acid groups (broad SMARTS) is 1. The van der Waals surface area contributed by atoms with Crippen molar-refractivity contribution in [3.63, 3.8) is 0 Å². The summed E-state index contributed by atoms with van der Waals surface area (Å²) in [6.07, 6.45) is 8.35. The summed E-state index contributed by atoms with van der Waals surface area (Å²) in [5.41, 5.74) is 2.12. The minimum atomic E-state index is -0.746. The van der Waals surface area contributed by atoms with Crippen LogP contribution in [0.4, 0.5) is 0 Å². The minimum Gasteiger partial charge on any atom is -0.481 e. The monoisotopic (exact) mass is 438 g/mol. The van der Waals surface area contributed by atoms with E-state index in [0.29, 0.717) is 25.9 Å². The SMILES string of the molecule is COCc1cccc(C[C@@H](O)/C=C/[C@@H]2[C@@H](CCCCCCC(=O)O)[C@H](Cl)C[C@H]2O)c1. The number of carboxylic acids is 1. The van der Waals surface area contributed by atoms with E-state index in [4.69, 9.17) is 21.4 Å². The Morgan fingerprint density at radius 1 is 1.27 bits per heavy atom. The van der Waals surface area contributed by atoms with E-state index in [2.05, 4.69) is 0 Å². The molecule has 0 unspecified atom stereocenters. The highest BCUT2D eigenvalue weighted by Crippen LogP contribution is 2.40. The molecule has 0 spiro atoms. The van der Waals surface area contributed by atoms with Crippen molar-refractivity contribution in [2.75, 3.05) is 7.11 Å². The van der Waals surface area contributed by atoms with Crippen LogP contribution in [0.1, 0.15) is 56.1 Å². The van der Waals surface area contributed by atoms with Gasteiger partial charge in [0.05, 0.1) is 18.8 Å². The molecule has 1 aliphatic carbocycles. The van der Waals surface area contributed by atoms with Crippen LogP contribution >= 0.6 is 11.6 Å². The van der Waals surface area contributed by atoms with E-state index in [1.807, 2.05) is 30.3 Å². The highest BCUT2D eigenvalue weighted by molar-refractivity contribution is 6.21. The van der Waals surface area contributed by atoms with Gasteiger partial charge in [-0.25, -0.2) is 0 Å². The van der Waals surface area contributed by atoms with Gasteiger partial charge in [-0.2, -0.15) is 0 Å². The van der Waals surface area contributed by atoms with Crippen LogP contribution in [0.25, 0.3) is 0 Å². The standard InChI is InChI=1S/C24H35ClO5/c1-30-16-18-8-6-7-17(13-18)14-19(26)11-12-21-20(22(25)15-23(21)27)9-4-2-3-5-10-24(28)29/h6-8,11-13,19-23,26-27H,2-5,9-10,14-16H2,1H3,(H,28,29)/b12-11+/t19-,20+,21+,22+,23+/m0/s1. The van der Waals surface area contributed by atoms with Crippen LogP contribution in [-0.4, -0.2) is 46.0 Å². The Balaban J connectivity index is 1.84. The van der Waals surface area contributed by atoms with Gasteiger partial charge in [0.25, 0.3) is 0 Å². The quantitative estimate of drug-likeness (QED) is 0.242. The Hall–Kier alpha value is -1.40. The number of hydrogen-bond donors (Lipinski definition) is 3. The fraction of sp³-hybridized carbons (Fsp3) is 0.625. The van der Waals surface area contributed by atoms with E-state index in [0.717, 1.165) is 36.8 Å². The molecule has 1 aromatic rings. The first-order valence-electron chi connectivity index (χ1n) is 10.9. The third kappa shape index (κ3) is 8.38. The molecule has 1 fully saturated rings. The summed E-state index contributed by atoms with van der Waals surface area (Å²) in [5.74, 6) is -0.625. The number of carbonyl (C=O) groups is 1. The molecule has 0 radical (unpaired) electrons. The zero-order chi connectivity index (χ0) is 21.9. The van der Waals surface area contributed by atoms with Crippen LogP contribution in [0.2, 0.25) is 0 Å². The number of halogens is 1. The average Bonchev–Trinajstić information content (AvgIpc) is 2.95. The number of rotatable bonds is 13. The van der Waals surface area contributed by atoms with Crippen molar-refractivity contribution in [3.8, 4) is 0 Å². The molecule has 0 bridgehead atoms. The third-order valence-electron chi connectivity index (χ3n) is 5.85. The Morgan fingerprint density at radius 2 is 2.00 bits per heavy atom. The van der Waals surface area contributed by atoms with Gasteiger partial charge in [0, 0.05) is 31.2 Å². The smallest absolute Gasteiger partial charge is 0.303 e. The maximum absolute atomic E-state index is 10.6. The van der Waals surface area contributed by atoms with Gasteiger partial charge in [0.1, 0.15) is 0 Å². The molecule has 0 aromatic heterocycles. The van der Waals surface area contributed by atoms with Gasteiger partial charge in [-0.15, -0.1) is 11.6 Å². The maximum atomic E-state index is 10.6. The van der Waals surface area contributed by atoms with Crippen molar-refractivity contribution < 1.29 is 24.9 Å². The normalized spacial score (nSPS) is 25.1. The maximum Gasteiger partial charge on any atom is 0.303 e. The van der Waals surface area contributed by atoms with Crippen molar-refractivity contribution >= 4 is 17.6 Å². The zero-order valence-corrected chi connectivity index (χ0v) is 18.5. The second-order valence-electron chi connectivity index (χ2n) is 8.32. The molecule has 6 heteroatoms. The molecule has 0 aliphatic heterocycles. The van der Waals surface area contributed by atoms with Crippen LogP contribution in [0.3, 0.4) is 0 Å². The fourth-order valence-corrected chi connectivity index (χ4v) is 4.80. The molecule has 0 heterocycles. The van der Waals surface area contributed by atoms with Crippen molar-refractivity contribution in [2.45, 2.75) is 75.6 Å². The fourth-order valence-electron chi connectivity index (χ4n) is 4.32. The molecule has 168 valence electrons. The molecule has 0 saturated heterocycles. The number of benzene rings is 1. The van der Waals surface area contributed by atoms with Crippen LogP contribution in [0.15, 0.2) is 36.4 Å². The Labute approximate surface area is 184 Å². The minimum absolute atomic E-state index is 0.0546. The van der Waals surface area contributed by atoms with Crippen LogP contribution in [0.5, 0.6) is 0 Å². The summed E-state index contributed by atoms with van der Waals surface area (Å²) in [4.78, 5) is 10.6. The van der Waals surface area contributed by atoms with Crippen LogP contribution < -0.4 is 0 Å². The van der Waals surface area contributed by atoms with Crippen molar-refractivity contribution in [1.82, 2.24) is 0 Å². The Kier molecular flexibility index (Phi) is 10.9. The van der Waals surface area contributed by atoms with E-state index in [-0.39, 0.29) is 23.6 Å². The first-order chi connectivity index (χ1) is 14.4. The Bertz CT molecular complexity index is 677. The first kappa shape index (κ1) is 24.9.